The molecule has 0 saturated heterocycles. The molecule has 4 rings (SSSR count). The number of rotatable bonds is 3. The minimum absolute atomic E-state index is 0.0610. The molecule has 2 aromatic carbocycles. The molecule has 0 bridgehead atoms. The maximum atomic E-state index is 13.8. The summed E-state index contributed by atoms with van der Waals surface area (Å²) >= 11 is 6.30. The van der Waals surface area contributed by atoms with Crippen LogP contribution < -0.4 is 10.6 Å². The third kappa shape index (κ3) is 4.07. The zero-order valence-corrected chi connectivity index (χ0v) is 16.6. The van der Waals surface area contributed by atoms with Crippen LogP contribution in [0.4, 0.5) is 24.7 Å². The van der Waals surface area contributed by atoms with Gasteiger partial charge < -0.3 is 10.6 Å². The summed E-state index contributed by atoms with van der Waals surface area (Å²) in [7, 11) is 0. The number of aromatic nitrogens is 2. The summed E-state index contributed by atoms with van der Waals surface area (Å²) in [5.41, 5.74) is 1.10. The maximum absolute atomic E-state index is 13.8. The van der Waals surface area contributed by atoms with Crippen LogP contribution in [0.2, 0.25) is 5.02 Å². The SMILES string of the molecule is N#Cc1ccc(NC(=O)c2nn3c(c2Cl)N[C@@H](c2ccccc2)C[C@H]3C(F)(F)F)cc1. The number of nitrogens with zero attached hydrogens (tertiary/aromatic N) is 3. The fourth-order valence-corrected chi connectivity index (χ4v) is 3.72. The highest BCUT2D eigenvalue weighted by Crippen LogP contribution is 2.46. The van der Waals surface area contributed by atoms with Crippen LogP contribution in [-0.4, -0.2) is 21.9 Å². The zero-order valence-electron chi connectivity index (χ0n) is 15.8. The summed E-state index contributed by atoms with van der Waals surface area (Å²) in [6.07, 6.45) is -4.88. The first-order valence-corrected chi connectivity index (χ1v) is 9.63. The number of nitriles is 1. The van der Waals surface area contributed by atoms with Gasteiger partial charge in [0, 0.05) is 12.1 Å². The molecule has 1 aromatic heterocycles. The summed E-state index contributed by atoms with van der Waals surface area (Å²) in [6.45, 7) is 0. The van der Waals surface area contributed by atoms with Crippen LogP contribution in [0.5, 0.6) is 0 Å². The average Bonchev–Trinajstić information content (AvgIpc) is 3.10. The van der Waals surface area contributed by atoms with Crippen molar-refractivity contribution in [3.63, 3.8) is 0 Å². The van der Waals surface area contributed by atoms with E-state index < -0.39 is 24.2 Å². The summed E-state index contributed by atoms with van der Waals surface area (Å²) in [6, 6.07) is 14.1. The second-order valence-corrected chi connectivity index (χ2v) is 7.38. The Bertz CT molecular complexity index is 1150. The Kier molecular flexibility index (Phi) is 5.33. The molecule has 10 heteroatoms. The van der Waals surface area contributed by atoms with Gasteiger partial charge in [0.15, 0.2) is 11.7 Å². The minimum atomic E-state index is -4.58. The van der Waals surface area contributed by atoms with Crippen molar-refractivity contribution < 1.29 is 18.0 Å². The molecule has 0 fully saturated rings. The van der Waals surface area contributed by atoms with Crippen molar-refractivity contribution in [2.75, 3.05) is 10.6 Å². The molecule has 0 aliphatic carbocycles. The second kappa shape index (κ2) is 7.96. The Morgan fingerprint density at radius 3 is 2.48 bits per heavy atom. The average molecular weight is 446 g/mol. The Labute approximate surface area is 180 Å². The van der Waals surface area contributed by atoms with Crippen LogP contribution in [-0.2, 0) is 0 Å². The lowest BCUT2D eigenvalue weighted by molar-refractivity contribution is -0.173. The van der Waals surface area contributed by atoms with Gasteiger partial charge in [-0.15, -0.1) is 0 Å². The summed E-state index contributed by atoms with van der Waals surface area (Å²) in [5, 5.41) is 18.1. The van der Waals surface area contributed by atoms with Gasteiger partial charge in [0.05, 0.1) is 17.7 Å². The highest BCUT2D eigenvalue weighted by molar-refractivity contribution is 6.36. The lowest BCUT2D eigenvalue weighted by atomic mass is 9.97. The highest BCUT2D eigenvalue weighted by atomic mass is 35.5. The van der Waals surface area contributed by atoms with Crippen LogP contribution >= 0.6 is 11.6 Å². The van der Waals surface area contributed by atoms with Crippen molar-refractivity contribution >= 4 is 29.0 Å². The smallest absolute Gasteiger partial charge is 0.362 e. The van der Waals surface area contributed by atoms with Gasteiger partial charge in [0.1, 0.15) is 10.8 Å². The number of amides is 1. The summed E-state index contributed by atoms with van der Waals surface area (Å²) < 4.78 is 42.2. The number of hydrogen-bond acceptors (Lipinski definition) is 4. The number of alkyl halides is 3. The first-order valence-electron chi connectivity index (χ1n) is 9.25. The number of anilines is 2. The van der Waals surface area contributed by atoms with Gasteiger partial charge in [-0.25, -0.2) is 4.68 Å². The van der Waals surface area contributed by atoms with Crippen molar-refractivity contribution in [1.29, 1.82) is 5.26 Å². The Morgan fingerprint density at radius 1 is 1.19 bits per heavy atom. The number of nitrogens with one attached hydrogen (secondary N) is 2. The van der Waals surface area contributed by atoms with Crippen molar-refractivity contribution in [2.45, 2.75) is 24.7 Å². The van der Waals surface area contributed by atoms with Gasteiger partial charge in [0.2, 0.25) is 0 Å². The lowest BCUT2D eigenvalue weighted by Gasteiger charge is -2.33. The molecule has 0 spiro atoms. The van der Waals surface area contributed by atoms with Gasteiger partial charge in [0.25, 0.3) is 5.91 Å². The lowest BCUT2D eigenvalue weighted by Crippen LogP contribution is -2.35. The summed E-state index contributed by atoms with van der Waals surface area (Å²) in [5.74, 6) is -0.815. The topological polar surface area (TPSA) is 82.7 Å². The normalized spacial score (nSPS) is 17.9. The van der Waals surface area contributed by atoms with E-state index in [0.29, 0.717) is 16.8 Å². The number of fused-ring (bicyclic) bond motifs is 1. The molecule has 0 saturated carbocycles. The fraction of sp³-hybridized carbons (Fsp3) is 0.190. The van der Waals surface area contributed by atoms with Gasteiger partial charge >= 0.3 is 6.18 Å². The van der Waals surface area contributed by atoms with E-state index in [4.69, 9.17) is 16.9 Å². The van der Waals surface area contributed by atoms with E-state index in [1.54, 1.807) is 30.3 Å². The van der Waals surface area contributed by atoms with Crippen LogP contribution in [0.1, 0.15) is 40.1 Å². The third-order valence-electron chi connectivity index (χ3n) is 4.98. The molecule has 6 nitrogen and oxygen atoms in total. The van der Waals surface area contributed by atoms with Crippen molar-refractivity contribution in [3.8, 4) is 6.07 Å². The predicted molar refractivity (Wildman–Crippen MR) is 109 cm³/mol. The van der Waals surface area contributed by atoms with Crippen LogP contribution in [0, 0.1) is 11.3 Å². The molecule has 2 atom stereocenters. The molecule has 1 aliphatic rings. The molecule has 31 heavy (non-hydrogen) atoms. The molecule has 2 N–H and O–H groups in total. The first-order chi connectivity index (χ1) is 14.8. The van der Waals surface area contributed by atoms with Gasteiger partial charge in [-0.1, -0.05) is 41.9 Å². The van der Waals surface area contributed by atoms with Crippen LogP contribution in [0.15, 0.2) is 54.6 Å². The quantitative estimate of drug-likeness (QED) is 0.571. The Morgan fingerprint density at radius 2 is 1.87 bits per heavy atom. The second-order valence-electron chi connectivity index (χ2n) is 7.00. The molecule has 0 radical (unpaired) electrons. The van der Waals surface area contributed by atoms with Gasteiger partial charge in [-0.2, -0.15) is 23.5 Å². The number of benzene rings is 2. The maximum Gasteiger partial charge on any atom is 0.410 e. The molecular weight excluding hydrogens is 431 g/mol. The number of carbonyl (C=O) groups is 1. The largest absolute Gasteiger partial charge is 0.410 e. The van der Waals surface area contributed by atoms with Crippen LogP contribution in [0.3, 0.4) is 0 Å². The van der Waals surface area contributed by atoms with E-state index in [0.717, 1.165) is 4.68 Å². The summed E-state index contributed by atoms with van der Waals surface area (Å²) in [4.78, 5) is 12.7. The third-order valence-corrected chi connectivity index (χ3v) is 5.34. The van der Waals surface area contributed by atoms with Gasteiger partial charge in [-0.3, -0.25) is 4.79 Å². The Hall–Kier alpha value is -3.51. The van der Waals surface area contributed by atoms with Crippen LogP contribution in [0.25, 0.3) is 0 Å². The molecule has 1 amide bonds. The van der Waals surface area contributed by atoms with Crippen molar-refractivity contribution in [1.82, 2.24) is 9.78 Å². The van der Waals surface area contributed by atoms with Crippen molar-refractivity contribution in [2.24, 2.45) is 0 Å². The standard InChI is InChI=1S/C21H15ClF3N5O/c22-17-18(20(31)27-14-8-6-12(11-26)7-9-14)29-30-16(21(23,24)25)10-15(28-19(17)30)13-4-2-1-3-5-13/h1-9,15-16,28H,10H2,(H,27,31)/t15-,16+/m1/s1. The fourth-order valence-electron chi connectivity index (χ4n) is 3.46. The minimum Gasteiger partial charge on any atom is -0.362 e. The van der Waals surface area contributed by atoms with Gasteiger partial charge in [-0.05, 0) is 29.8 Å². The molecule has 2 heterocycles. The molecule has 3 aromatic rings. The molecule has 0 unspecified atom stereocenters. The number of halogens is 4. The van der Waals surface area contributed by atoms with E-state index in [1.807, 2.05) is 6.07 Å². The first kappa shape index (κ1) is 20.8. The molecular formula is C21H15ClF3N5O. The predicted octanol–water partition coefficient (Wildman–Crippen LogP) is 5.32. The Balaban J connectivity index is 1.68. The van der Waals surface area contributed by atoms with E-state index in [9.17, 15) is 18.0 Å². The van der Waals surface area contributed by atoms with E-state index in [-0.39, 0.29) is 23.0 Å². The van der Waals surface area contributed by atoms with E-state index in [1.165, 1.54) is 24.3 Å². The molecule has 1 aliphatic heterocycles. The van der Waals surface area contributed by atoms with E-state index in [2.05, 4.69) is 15.7 Å². The number of carbonyl (C=O) groups excluding carboxylic acids is 1. The molecule has 158 valence electrons. The van der Waals surface area contributed by atoms with E-state index >= 15 is 0 Å². The number of hydrogen-bond donors (Lipinski definition) is 2. The zero-order chi connectivity index (χ0) is 22.2. The monoisotopic (exact) mass is 445 g/mol. The van der Waals surface area contributed by atoms with Crippen molar-refractivity contribution in [3.05, 3.63) is 76.4 Å². The highest BCUT2D eigenvalue weighted by Gasteiger charge is 2.47.